The maximum Gasteiger partial charge on any atom is 0.124 e. The van der Waals surface area contributed by atoms with Crippen LogP contribution in [0.15, 0.2) is 36.4 Å². The molecule has 0 aliphatic carbocycles. The number of benzene rings is 2. The molecular formula is C19H27NO. The summed E-state index contributed by atoms with van der Waals surface area (Å²) in [5.41, 5.74) is 1.28. The first-order valence-corrected chi connectivity index (χ1v) is 8.06. The van der Waals surface area contributed by atoms with Crippen LogP contribution in [0.3, 0.4) is 0 Å². The Morgan fingerprint density at radius 3 is 2.67 bits per heavy atom. The molecule has 0 heterocycles. The van der Waals surface area contributed by atoms with Crippen molar-refractivity contribution in [3.05, 3.63) is 42.0 Å². The van der Waals surface area contributed by atoms with E-state index in [1.807, 2.05) is 0 Å². The van der Waals surface area contributed by atoms with Crippen molar-refractivity contribution in [2.75, 3.05) is 13.2 Å². The fraction of sp³-hybridized carbons (Fsp3) is 0.474. The van der Waals surface area contributed by atoms with Crippen molar-refractivity contribution in [3.63, 3.8) is 0 Å². The van der Waals surface area contributed by atoms with Gasteiger partial charge in [-0.05, 0) is 42.1 Å². The Morgan fingerprint density at radius 2 is 1.90 bits per heavy atom. The van der Waals surface area contributed by atoms with Crippen molar-refractivity contribution in [3.8, 4) is 5.75 Å². The molecule has 0 fully saturated rings. The lowest BCUT2D eigenvalue weighted by molar-refractivity contribution is 0.295. The normalized spacial score (nSPS) is 11.2. The molecule has 21 heavy (non-hydrogen) atoms. The maximum absolute atomic E-state index is 6.05. The zero-order valence-corrected chi connectivity index (χ0v) is 13.5. The van der Waals surface area contributed by atoms with E-state index < -0.39 is 0 Å². The smallest absolute Gasteiger partial charge is 0.124 e. The lowest BCUT2D eigenvalue weighted by Gasteiger charge is -2.15. The highest BCUT2D eigenvalue weighted by Gasteiger charge is 2.08. The third-order valence-electron chi connectivity index (χ3n) is 3.73. The second-order valence-electron chi connectivity index (χ2n) is 5.93. The first-order chi connectivity index (χ1) is 10.2. The van der Waals surface area contributed by atoms with Gasteiger partial charge in [-0.25, -0.2) is 0 Å². The number of ether oxygens (including phenoxy) is 1. The third kappa shape index (κ3) is 4.47. The fourth-order valence-corrected chi connectivity index (χ4v) is 2.56. The zero-order valence-electron chi connectivity index (χ0n) is 13.5. The Hall–Kier alpha value is -1.54. The Kier molecular flexibility index (Phi) is 6.06. The first kappa shape index (κ1) is 15.8. The average molecular weight is 285 g/mol. The monoisotopic (exact) mass is 285 g/mol. The van der Waals surface area contributed by atoms with Gasteiger partial charge in [-0.2, -0.15) is 0 Å². The van der Waals surface area contributed by atoms with Crippen LogP contribution >= 0.6 is 0 Å². The number of rotatable bonds is 8. The van der Waals surface area contributed by atoms with E-state index in [0.717, 1.165) is 37.8 Å². The van der Waals surface area contributed by atoms with Gasteiger partial charge in [0.1, 0.15) is 5.75 Å². The lowest BCUT2D eigenvalue weighted by Crippen LogP contribution is -2.13. The lowest BCUT2D eigenvalue weighted by atomic mass is 10.0. The standard InChI is InChI=1S/C19H27NO/c1-4-20-14-18-17-10-6-5-9-16(17)11-12-19(18)21-13-7-8-15(2)3/h5-6,9-12,15,20H,4,7-8,13-14H2,1-3H3. The summed E-state index contributed by atoms with van der Waals surface area (Å²) >= 11 is 0. The SMILES string of the molecule is CCNCc1c(OCCCC(C)C)ccc2ccccc12. The summed E-state index contributed by atoms with van der Waals surface area (Å²) < 4.78 is 6.05. The van der Waals surface area contributed by atoms with Crippen LogP contribution in [0.2, 0.25) is 0 Å². The molecule has 0 saturated heterocycles. The molecule has 0 aromatic heterocycles. The van der Waals surface area contributed by atoms with E-state index in [2.05, 4.69) is 62.5 Å². The molecular weight excluding hydrogens is 258 g/mol. The molecule has 0 atom stereocenters. The number of hydrogen-bond acceptors (Lipinski definition) is 2. The highest BCUT2D eigenvalue weighted by atomic mass is 16.5. The Balaban J connectivity index is 2.16. The average Bonchev–Trinajstić information content (AvgIpc) is 2.49. The van der Waals surface area contributed by atoms with E-state index >= 15 is 0 Å². The van der Waals surface area contributed by atoms with Gasteiger partial charge in [-0.15, -0.1) is 0 Å². The van der Waals surface area contributed by atoms with Crippen LogP contribution in [-0.2, 0) is 6.54 Å². The predicted octanol–water partition coefficient (Wildman–Crippen LogP) is 4.76. The van der Waals surface area contributed by atoms with Crippen molar-refractivity contribution in [1.29, 1.82) is 0 Å². The summed E-state index contributed by atoms with van der Waals surface area (Å²) in [5.74, 6) is 1.77. The Labute approximate surface area is 128 Å². The molecule has 2 aromatic rings. The summed E-state index contributed by atoms with van der Waals surface area (Å²) in [6.45, 7) is 9.27. The molecule has 2 aromatic carbocycles. The predicted molar refractivity (Wildman–Crippen MR) is 90.9 cm³/mol. The Morgan fingerprint density at radius 1 is 1.10 bits per heavy atom. The summed E-state index contributed by atoms with van der Waals surface area (Å²) in [5, 5.41) is 5.99. The summed E-state index contributed by atoms with van der Waals surface area (Å²) in [4.78, 5) is 0. The maximum atomic E-state index is 6.05. The summed E-state index contributed by atoms with van der Waals surface area (Å²) in [7, 11) is 0. The highest BCUT2D eigenvalue weighted by Crippen LogP contribution is 2.28. The first-order valence-electron chi connectivity index (χ1n) is 8.06. The molecule has 0 saturated carbocycles. The number of nitrogens with one attached hydrogen (secondary N) is 1. The minimum atomic E-state index is 0.742. The molecule has 0 spiro atoms. The van der Waals surface area contributed by atoms with Crippen LogP contribution in [0.5, 0.6) is 5.75 Å². The molecule has 0 radical (unpaired) electrons. The molecule has 0 unspecified atom stereocenters. The van der Waals surface area contributed by atoms with Gasteiger partial charge in [0.05, 0.1) is 6.61 Å². The van der Waals surface area contributed by atoms with Crippen LogP contribution in [0.4, 0.5) is 0 Å². The van der Waals surface area contributed by atoms with E-state index in [4.69, 9.17) is 4.74 Å². The van der Waals surface area contributed by atoms with Crippen LogP contribution in [-0.4, -0.2) is 13.2 Å². The van der Waals surface area contributed by atoms with Crippen LogP contribution in [0, 0.1) is 5.92 Å². The van der Waals surface area contributed by atoms with Gasteiger partial charge >= 0.3 is 0 Å². The van der Waals surface area contributed by atoms with E-state index in [0.29, 0.717) is 0 Å². The molecule has 2 nitrogen and oxygen atoms in total. The van der Waals surface area contributed by atoms with Gasteiger partial charge in [-0.1, -0.05) is 51.1 Å². The van der Waals surface area contributed by atoms with Crippen LogP contribution in [0.25, 0.3) is 10.8 Å². The molecule has 2 rings (SSSR count). The molecule has 0 bridgehead atoms. The van der Waals surface area contributed by atoms with E-state index in [1.54, 1.807) is 0 Å². The van der Waals surface area contributed by atoms with Gasteiger partial charge in [0.25, 0.3) is 0 Å². The van der Waals surface area contributed by atoms with Crippen molar-refractivity contribution in [1.82, 2.24) is 5.32 Å². The summed E-state index contributed by atoms with van der Waals surface area (Å²) in [6, 6.07) is 12.8. The molecule has 2 heteroatoms. The fourth-order valence-electron chi connectivity index (χ4n) is 2.56. The zero-order chi connectivity index (χ0) is 15.1. The molecule has 0 aliphatic rings. The van der Waals surface area contributed by atoms with Crippen molar-refractivity contribution in [2.45, 2.75) is 40.2 Å². The van der Waals surface area contributed by atoms with E-state index in [1.165, 1.54) is 22.8 Å². The minimum Gasteiger partial charge on any atom is -0.493 e. The van der Waals surface area contributed by atoms with Crippen LogP contribution in [0.1, 0.15) is 39.2 Å². The van der Waals surface area contributed by atoms with Crippen molar-refractivity contribution < 1.29 is 4.74 Å². The van der Waals surface area contributed by atoms with E-state index in [9.17, 15) is 0 Å². The van der Waals surface area contributed by atoms with Gasteiger partial charge in [-0.3, -0.25) is 0 Å². The highest BCUT2D eigenvalue weighted by molar-refractivity contribution is 5.87. The quantitative estimate of drug-likeness (QED) is 0.706. The van der Waals surface area contributed by atoms with Crippen molar-refractivity contribution >= 4 is 10.8 Å². The number of hydrogen-bond donors (Lipinski definition) is 1. The Bertz CT molecular complexity index is 562. The minimum absolute atomic E-state index is 0.742. The number of fused-ring (bicyclic) bond motifs is 1. The van der Waals surface area contributed by atoms with Gasteiger partial charge < -0.3 is 10.1 Å². The summed E-state index contributed by atoms with van der Waals surface area (Å²) in [6.07, 6.45) is 2.33. The topological polar surface area (TPSA) is 21.3 Å². The molecule has 1 N–H and O–H groups in total. The second-order valence-corrected chi connectivity index (χ2v) is 5.93. The molecule has 0 amide bonds. The van der Waals surface area contributed by atoms with Gasteiger partial charge in [0, 0.05) is 12.1 Å². The van der Waals surface area contributed by atoms with E-state index in [-0.39, 0.29) is 0 Å². The van der Waals surface area contributed by atoms with Gasteiger partial charge in [0.15, 0.2) is 0 Å². The second kappa shape index (κ2) is 8.04. The van der Waals surface area contributed by atoms with Crippen molar-refractivity contribution in [2.24, 2.45) is 5.92 Å². The van der Waals surface area contributed by atoms with Gasteiger partial charge in [0.2, 0.25) is 0 Å². The molecule has 0 aliphatic heterocycles. The van der Waals surface area contributed by atoms with Crippen LogP contribution < -0.4 is 10.1 Å². The largest absolute Gasteiger partial charge is 0.493 e. The third-order valence-corrected chi connectivity index (χ3v) is 3.73. The molecule has 114 valence electrons.